The molecule has 2 aliphatic heterocycles. The van der Waals surface area contributed by atoms with Crippen molar-refractivity contribution in [3.63, 3.8) is 0 Å². The highest BCUT2D eigenvalue weighted by Gasteiger charge is 2.47. The number of rotatable bonds is 5. The minimum Gasteiger partial charge on any atom is -0.342 e. The molecule has 0 atom stereocenters. The van der Waals surface area contributed by atoms with Gasteiger partial charge in [-0.2, -0.15) is 0 Å². The summed E-state index contributed by atoms with van der Waals surface area (Å²) >= 11 is 0. The number of hydrogen-bond donors (Lipinski definition) is 0. The Bertz CT molecular complexity index is 1230. The lowest BCUT2D eigenvalue weighted by atomic mass is 9.99. The summed E-state index contributed by atoms with van der Waals surface area (Å²) in [5.41, 5.74) is 4.25. The Morgan fingerprint density at radius 2 is 1.26 bits per heavy atom. The van der Waals surface area contributed by atoms with Gasteiger partial charge in [-0.3, -0.25) is 14.5 Å². The van der Waals surface area contributed by atoms with Crippen LogP contribution in [0.4, 0.5) is 0 Å². The molecule has 0 spiro atoms. The molecule has 0 unspecified atom stereocenters. The van der Waals surface area contributed by atoms with Gasteiger partial charge in [-0.05, 0) is 37.8 Å². The van der Waals surface area contributed by atoms with E-state index in [9.17, 15) is 9.59 Å². The Morgan fingerprint density at radius 3 is 1.76 bits per heavy atom. The number of nitrogens with zero attached hydrogens (tertiary/aromatic N) is 4. The van der Waals surface area contributed by atoms with Crippen LogP contribution in [-0.4, -0.2) is 76.8 Å². The van der Waals surface area contributed by atoms with E-state index in [1.165, 1.54) is 0 Å². The minimum absolute atomic E-state index is 0.0690. The van der Waals surface area contributed by atoms with Crippen LogP contribution in [0.25, 0.3) is 22.5 Å². The quantitative estimate of drug-likeness (QED) is 0.489. The van der Waals surface area contributed by atoms with E-state index in [1.807, 2.05) is 77.7 Å². The molecule has 6 rings (SSSR count). The van der Waals surface area contributed by atoms with Crippen molar-refractivity contribution in [3.8, 4) is 22.5 Å². The van der Waals surface area contributed by atoms with E-state index in [2.05, 4.69) is 16.7 Å². The molecule has 196 valence electrons. The van der Waals surface area contributed by atoms with Crippen molar-refractivity contribution < 1.29 is 9.59 Å². The zero-order valence-electron chi connectivity index (χ0n) is 22.2. The number of likely N-dealkylation sites (tertiary alicyclic amines) is 1. The molecule has 0 bridgehead atoms. The summed E-state index contributed by atoms with van der Waals surface area (Å²) in [5, 5.41) is 0. The van der Waals surface area contributed by atoms with E-state index in [1.54, 1.807) is 0 Å². The molecule has 1 saturated carbocycles. The number of piperidine rings is 1. The molecule has 1 aromatic heterocycles. The summed E-state index contributed by atoms with van der Waals surface area (Å²) in [4.78, 5) is 37.9. The molecule has 1 aliphatic carbocycles. The summed E-state index contributed by atoms with van der Waals surface area (Å²) < 4.78 is 0. The largest absolute Gasteiger partial charge is 0.342 e. The maximum Gasteiger partial charge on any atom is 0.254 e. The highest BCUT2D eigenvalue weighted by molar-refractivity contribution is 5.96. The number of hydrogen-bond acceptors (Lipinski definition) is 4. The highest BCUT2D eigenvalue weighted by atomic mass is 16.2. The lowest BCUT2D eigenvalue weighted by Crippen LogP contribution is -2.55. The number of piperazine rings is 1. The van der Waals surface area contributed by atoms with E-state index in [0.29, 0.717) is 17.5 Å². The van der Waals surface area contributed by atoms with Gasteiger partial charge in [-0.15, -0.1) is 0 Å². The Balaban J connectivity index is 1.13. The van der Waals surface area contributed by atoms with Crippen molar-refractivity contribution in [2.45, 2.75) is 38.6 Å². The fourth-order valence-corrected chi connectivity index (χ4v) is 5.86. The van der Waals surface area contributed by atoms with Crippen LogP contribution in [0.1, 0.15) is 43.0 Å². The van der Waals surface area contributed by atoms with Crippen LogP contribution in [0.3, 0.4) is 0 Å². The van der Waals surface area contributed by atoms with Crippen LogP contribution in [-0.2, 0) is 4.79 Å². The first-order valence-corrected chi connectivity index (χ1v) is 14.0. The third-order valence-electron chi connectivity index (χ3n) is 8.60. The first-order valence-electron chi connectivity index (χ1n) is 14.0. The Kier molecular flexibility index (Phi) is 6.75. The third kappa shape index (κ3) is 5.10. The molecule has 6 nitrogen and oxygen atoms in total. The van der Waals surface area contributed by atoms with E-state index in [-0.39, 0.29) is 11.3 Å². The molecule has 6 heteroatoms. The molecule has 0 N–H and O–H groups in total. The predicted octanol–water partition coefficient (Wildman–Crippen LogP) is 4.96. The normalized spacial score (nSPS) is 19.8. The molecule has 3 aliphatic rings. The van der Waals surface area contributed by atoms with Gasteiger partial charge in [0.2, 0.25) is 5.91 Å². The zero-order valence-corrected chi connectivity index (χ0v) is 22.2. The molecule has 3 aromatic rings. The Hall–Kier alpha value is -3.51. The molecule has 3 heterocycles. The maximum atomic E-state index is 13.7. The van der Waals surface area contributed by atoms with Gasteiger partial charge in [0.25, 0.3) is 5.91 Å². The summed E-state index contributed by atoms with van der Waals surface area (Å²) in [5.74, 6) is 0.424. The van der Waals surface area contributed by atoms with Crippen LogP contribution in [0.2, 0.25) is 0 Å². The predicted molar refractivity (Wildman–Crippen MR) is 150 cm³/mol. The number of carbonyl (C=O) groups is 2. The molecular weight excluding hydrogens is 472 g/mol. The van der Waals surface area contributed by atoms with Gasteiger partial charge in [0.15, 0.2) is 0 Å². The van der Waals surface area contributed by atoms with Gasteiger partial charge in [0.05, 0.1) is 11.4 Å². The average Bonchev–Trinajstić information content (AvgIpc) is 3.75. The second-order valence-electron chi connectivity index (χ2n) is 11.3. The van der Waals surface area contributed by atoms with Gasteiger partial charge >= 0.3 is 0 Å². The lowest BCUT2D eigenvalue weighted by Gasteiger charge is -2.43. The lowest BCUT2D eigenvalue weighted by molar-refractivity contribution is -0.138. The smallest absolute Gasteiger partial charge is 0.254 e. The van der Waals surface area contributed by atoms with Crippen molar-refractivity contribution in [1.82, 2.24) is 19.7 Å². The van der Waals surface area contributed by atoms with Gasteiger partial charge in [0, 0.05) is 67.4 Å². The summed E-state index contributed by atoms with van der Waals surface area (Å²) in [6.45, 7) is 7.03. The zero-order chi connectivity index (χ0) is 26.1. The fourth-order valence-electron chi connectivity index (χ4n) is 5.86. The second-order valence-corrected chi connectivity index (χ2v) is 11.3. The SMILES string of the molecule is CC1(C(=O)N2CCC(N3CCN(C(=O)c4cc(-c5ccccc5)nc(-c5ccccc5)c4)CC3)CC2)CC1. The van der Waals surface area contributed by atoms with Crippen molar-refractivity contribution in [2.24, 2.45) is 5.41 Å². The monoisotopic (exact) mass is 508 g/mol. The average molecular weight is 509 g/mol. The topological polar surface area (TPSA) is 56.8 Å². The fraction of sp³-hybridized carbons (Fsp3) is 0.406. The molecular formula is C32H36N4O2. The first kappa shape index (κ1) is 24.8. The Morgan fingerprint density at radius 1 is 0.737 bits per heavy atom. The number of aromatic nitrogens is 1. The van der Waals surface area contributed by atoms with E-state index in [4.69, 9.17) is 4.98 Å². The van der Waals surface area contributed by atoms with Gasteiger partial charge in [0.1, 0.15) is 0 Å². The third-order valence-corrected chi connectivity index (χ3v) is 8.60. The minimum atomic E-state index is -0.0769. The summed E-state index contributed by atoms with van der Waals surface area (Å²) in [6, 6.07) is 24.5. The molecule has 3 fully saturated rings. The van der Waals surface area contributed by atoms with Crippen LogP contribution < -0.4 is 0 Å². The highest BCUT2D eigenvalue weighted by Crippen LogP contribution is 2.46. The van der Waals surface area contributed by atoms with Crippen molar-refractivity contribution in [1.29, 1.82) is 0 Å². The molecule has 0 radical (unpaired) electrons. The maximum absolute atomic E-state index is 13.7. The molecule has 2 saturated heterocycles. The number of pyridine rings is 1. The van der Waals surface area contributed by atoms with E-state index < -0.39 is 0 Å². The number of amides is 2. The first-order chi connectivity index (χ1) is 18.5. The van der Waals surface area contributed by atoms with Crippen LogP contribution in [0.15, 0.2) is 72.8 Å². The van der Waals surface area contributed by atoms with Crippen LogP contribution >= 0.6 is 0 Å². The van der Waals surface area contributed by atoms with Gasteiger partial charge in [-0.1, -0.05) is 67.6 Å². The van der Waals surface area contributed by atoms with Crippen molar-refractivity contribution in [3.05, 3.63) is 78.4 Å². The summed E-state index contributed by atoms with van der Waals surface area (Å²) in [7, 11) is 0. The Labute approximate surface area is 225 Å². The molecule has 38 heavy (non-hydrogen) atoms. The second kappa shape index (κ2) is 10.3. The summed E-state index contributed by atoms with van der Waals surface area (Å²) in [6.07, 6.45) is 4.14. The van der Waals surface area contributed by atoms with Crippen molar-refractivity contribution >= 4 is 11.8 Å². The molecule has 2 amide bonds. The number of benzene rings is 2. The standard InChI is InChI=1S/C32H36N4O2/c1-32(14-15-32)31(38)36-16-12-27(13-17-36)34-18-20-35(21-19-34)30(37)26-22-28(24-8-4-2-5-9-24)33-29(23-26)25-10-6-3-7-11-25/h2-11,22-23,27H,12-21H2,1H3. The van der Waals surface area contributed by atoms with Gasteiger partial charge in [-0.25, -0.2) is 4.98 Å². The van der Waals surface area contributed by atoms with Gasteiger partial charge < -0.3 is 9.80 Å². The van der Waals surface area contributed by atoms with Crippen LogP contribution in [0.5, 0.6) is 0 Å². The van der Waals surface area contributed by atoms with E-state index >= 15 is 0 Å². The van der Waals surface area contributed by atoms with E-state index in [0.717, 1.165) is 87.5 Å². The molecule has 2 aromatic carbocycles. The van der Waals surface area contributed by atoms with Crippen LogP contribution in [0, 0.1) is 5.41 Å². The van der Waals surface area contributed by atoms with Crippen molar-refractivity contribution in [2.75, 3.05) is 39.3 Å². The number of carbonyl (C=O) groups excluding carboxylic acids is 2.